The van der Waals surface area contributed by atoms with Crippen molar-refractivity contribution in [2.75, 3.05) is 38.5 Å². The van der Waals surface area contributed by atoms with Crippen molar-refractivity contribution in [3.63, 3.8) is 0 Å². The Morgan fingerprint density at radius 3 is 2.69 bits per heavy atom. The lowest BCUT2D eigenvalue weighted by Gasteiger charge is -2.34. The molecule has 1 aliphatic rings. The van der Waals surface area contributed by atoms with E-state index in [1.54, 1.807) is 24.3 Å². The first-order valence-electron chi connectivity index (χ1n) is 8.49. The highest BCUT2D eigenvalue weighted by Gasteiger charge is 2.23. The second kappa shape index (κ2) is 6.73. The normalized spacial score (nSPS) is 15.7. The van der Waals surface area contributed by atoms with Gasteiger partial charge in [0.1, 0.15) is 5.82 Å². The van der Waals surface area contributed by atoms with Crippen molar-refractivity contribution in [2.24, 2.45) is 0 Å². The average Bonchev–Trinajstić information content (AvgIpc) is 3.27. The number of carbonyl (C=O) groups excluding carboxylic acids is 1. The second-order valence-electron chi connectivity index (χ2n) is 6.20. The number of nitrogens with two attached hydrogens (primary N) is 1. The van der Waals surface area contributed by atoms with Crippen LogP contribution < -0.4 is 5.73 Å². The highest BCUT2D eigenvalue weighted by atomic mass is 79.9. The molecule has 8 nitrogen and oxygen atoms in total. The maximum absolute atomic E-state index is 12.8. The molecule has 0 unspecified atom stereocenters. The zero-order chi connectivity index (χ0) is 18.3. The van der Waals surface area contributed by atoms with E-state index in [1.807, 2.05) is 4.90 Å². The van der Waals surface area contributed by atoms with Crippen molar-refractivity contribution in [2.45, 2.75) is 6.92 Å². The summed E-state index contributed by atoms with van der Waals surface area (Å²) < 4.78 is 7.60. The van der Waals surface area contributed by atoms with Gasteiger partial charge in [0, 0.05) is 31.7 Å². The molecule has 3 aromatic heterocycles. The summed E-state index contributed by atoms with van der Waals surface area (Å²) in [6.07, 6.45) is 0. The number of nitrogen functional groups attached to an aromatic ring is 1. The fourth-order valence-electron chi connectivity index (χ4n) is 3.12. The lowest BCUT2D eigenvalue weighted by atomic mass is 10.2. The summed E-state index contributed by atoms with van der Waals surface area (Å²) in [6, 6.07) is 6.92. The molecule has 0 saturated carbocycles. The van der Waals surface area contributed by atoms with E-state index in [0.717, 1.165) is 32.7 Å². The zero-order valence-corrected chi connectivity index (χ0v) is 15.9. The van der Waals surface area contributed by atoms with Gasteiger partial charge >= 0.3 is 0 Å². The summed E-state index contributed by atoms with van der Waals surface area (Å²) in [5.74, 6) is 1.29. The number of aromatic nitrogens is 3. The van der Waals surface area contributed by atoms with E-state index in [9.17, 15) is 4.79 Å². The van der Waals surface area contributed by atoms with E-state index < -0.39 is 0 Å². The van der Waals surface area contributed by atoms with Gasteiger partial charge in [-0.05, 0) is 46.7 Å². The molecular weight excluding hydrogens is 400 g/mol. The molecule has 2 N–H and O–H groups in total. The molecule has 136 valence electrons. The van der Waals surface area contributed by atoms with Crippen molar-refractivity contribution in [1.82, 2.24) is 24.4 Å². The zero-order valence-electron chi connectivity index (χ0n) is 14.4. The fraction of sp³-hybridized carbons (Fsp3) is 0.353. The highest BCUT2D eigenvalue weighted by Crippen LogP contribution is 2.24. The third-order valence-electron chi connectivity index (χ3n) is 4.61. The Labute approximate surface area is 158 Å². The summed E-state index contributed by atoms with van der Waals surface area (Å²) in [7, 11) is 0. The van der Waals surface area contributed by atoms with Gasteiger partial charge in [-0.15, -0.1) is 5.10 Å². The lowest BCUT2D eigenvalue weighted by molar-refractivity contribution is 0.0643. The van der Waals surface area contributed by atoms with Gasteiger partial charge in [-0.25, -0.2) is 4.98 Å². The highest BCUT2D eigenvalue weighted by molar-refractivity contribution is 9.10. The van der Waals surface area contributed by atoms with Crippen LogP contribution in [-0.4, -0.2) is 63.0 Å². The Kier molecular flexibility index (Phi) is 4.41. The number of hydrogen-bond donors (Lipinski definition) is 1. The minimum atomic E-state index is -0.0275. The smallest absolute Gasteiger partial charge is 0.254 e. The molecule has 3 aromatic rings. The Balaban J connectivity index is 1.63. The Morgan fingerprint density at radius 2 is 2.04 bits per heavy atom. The number of hydrogen-bond acceptors (Lipinski definition) is 6. The molecule has 1 saturated heterocycles. The molecule has 0 atom stereocenters. The number of furan rings is 1. The van der Waals surface area contributed by atoms with Crippen molar-refractivity contribution in [1.29, 1.82) is 0 Å². The maximum atomic E-state index is 12.8. The fourth-order valence-corrected chi connectivity index (χ4v) is 3.43. The van der Waals surface area contributed by atoms with Crippen LogP contribution in [0.25, 0.3) is 17.2 Å². The Morgan fingerprint density at radius 1 is 1.27 bits per heavy atom. The standard InChI is InChI=1S/C17H19BrN6O2/c1-2-22-5-7-23(8-6-22)17(25)11-9-14(19)24-15(10-11)20-16(21-24)12-3-4-13(18)26-12/h3-4,9-10H,2,5-8,19H2,1H3. The predicted octanol–water partition coefficient (Wildman–Crippen LogP) is 2.11. The van der Waals surface area contributed by atoms with Gasteiger partial charge in [0.2, 0.25) is 5.82 Å². The molecule has 4 rings (SSSR count). The van der Waals surface area contributed by atoms with E-state index in [4.69, 9.17) is 10.2 Å². The predicted molar refractivity (Wildman–Crippen MR) is 101 cm³/mol. The van der Waals surface area contributed by atoms with Gasteiger partial charge in [-0.3, -0.25) is 4.79 Å². The average molecular weight is 419 g/mol. The quantitative estimate of drug-likeness (QED) is 0.699. The van der Waals surface area contributed by atoms with Crippen LogP contribution in [0.5, 0.6) is 0 Å². The summed E-state index contributed by atoms with van der Waals surface area (Å²) in [6.45, 7) is 6.36. The molecule has 4 heterocycles. The van der Waals surface area contributed by atoms with Crippen molar-refractivity contribution < 1.29 is 9.21 Å². The first-order valence-corrected chi connectivity index (χ1v) is 9.28. The first kappa shape index (κ1) is 17.0. The van der Waals surface area contributed by atoms with Crippen molar-refractivity contribution >= 4 is 33.3 Å². The van der Waals surface area contributed by atoms with E-state index >= 15 is 0 Å². The molecule has 1 amide bonds. The van der Waals surface area contributed by atoms with Crippen LogP contribution in [0.3, 0.4) is 0 Å². The topological polar surface area (TPSA) is 92.9 Å². The maximum Gasteiger partial charge on any atom is 0.254 e. The van der Waals surface area contributed by atoms with Crippen molar-refractivity contribution in [3.05, 3.63) is 34.5 Å². The van der Waals surface area contributed by atoms with E-state index in [1.165, 1.54) is 4.52 Å². The number of anilines is 1. The third kappa shape index (κ3) is 3.08. The number of pyridine rings is 1. The van der Waals surface area contributed by atoms with E-state index in [-0.39, 0.29) is 5.91 Å². The summed E-state index contributed by atoms with van der Waals surface area (Å²) in [5, 5.41) is 4.36. The van der Waals surface area contributed by atoms with Crippen LogP contribution in [0, 0.1) is 0 Å². The van der Waals surface area contributed by atoms with Crippen LogP contribution in [-0.2, 0) is 0 Å². The summed E-state index contributed by atoms with van der Waals surface area (Å²) in [4.78, 5) is 21.5. The SMILES string of the molecule is CCN1CCN(C(=O)c2cc(N)n3nc(-c4ccc(Br)o4)nc3c2)CC1. The number of piperazine rings is 1. The van der Waals surface area contributed by atoms with Crippen LogP contribution in [0.4, 0.5) is 5.82 Å². The molecule has 1 fully saturated rings. The molecule has 1 aliphatic heterocycles. The second-order valence-corrected chi connectivity index (χ2v) is 6.99. The number of fused-ring (bicyclic) bond motifs is 1. The van der Waals surface area contributed by atoms with Crippen LogP contribution >= 0.6 is 15.9 Å². The van der Waals surface area contributed by atoms with E-state index in [0.29, 0.717) is 33.3 Å². The molecule has 9 heteroatoms. The van der Waals surface area contributed by atoms with Crippen LogP contribution in [0.2, 0.25) is 0 Å². The molecule has 26 heavy (non-hydrogen) atoms. The van der Waals surface area contributed by atoms with Gasteiger partial charge in [-0.2, -0.15) is 4.52 Å². The van der Waals surface area contributed by atoms with Gasteiger partial charge in [0.05, 0.1) is 0 Å². The van der Waals surface area contributed by atoms with Gasteiger partial charge in [0.15, 0.2) is 16.1 Å². The third-order valence-corrected chi connectivity index (χ3v) is 5.04. The molecule has 0 aromatic carbocycles. The number of carbonyl (C=O) groups is 1. The number of likely N-dealkylation sites (N-methyl/N-ethyl adjacent to an activating group) is 1. The Hall–Kier alpha value is -2.39. The minimum absolute atomic E-state index is 0.0275. The van der Waals surface area contributed by atoms with Crippen molar-refractivity contribution in [3.8, 4) is 11.6 Å². The number of rotatable bonds is 3. The van der Waals surface area contributed by atoms with Crippen LogP contribution in [0.1, 0.15) is 17.3 Å². The molecule has 0 bridgehead atoms. The summed E-state index contributed by atoms with van der Waals surface area (Å²) in [5.41, 5.74) is 7.15. The largest absolute Gasteiger partial charge is 0.446 e. The lowest BCUT2D eigenvalue weighted by Crippen LogP contribution is -2.48. The molecule has 0 aliphatic carbocycles. The molecule has 0 spiro atoms. The van der Waals surface area contributed by atoms with Crippen LogP contribution in [0.15, 0.2) is 33.4 Å². The first-order chi connectivity index (χ1) is 12.5. The number of nitrogens with zero attached hydrogens (tertiary/aromatic N) is 5. The number of halogens is 1. The van der Waals surface area contributed by atoms with Gasteiger partial charge < -0.3 is 20.0 Å². The monoisotopic (exact) mass is 418 g/mol. The molecular formula is C17H19BrN6O2. The van der Waals surface area contributed by atoms with E-state index in [2.05, 4.69) is 37.8 Å². The Bertz CT molecular complexity index is 957. The number of amides is 1. The van der Waals surface area contributed by atoms with Gasteiger partial charge in [0.25, 0.3) is 5.91 Å². The molecule has 0 radical (unpaired) electrons. The minimum Gasteiger partial charge on any atom is -0.446 e. The summed E-state index contributed by atoms with van der Waals surface area (Å²) >= 11 is 3.26. The van der Waals surface area contributed by atoms with Gasteiger partial charge in [-0.1, -0.05) is 6.92 Å².